The van der Waals surface area contributed by atoms with E-state index in [-0.39, 0.29) is 22.1 Å². The molecule has 0 saturated carbocycles. The maximum atomic E-state index is 12.8. The fraction of sp³-hybridized carbons (Fsp3) is 0. The van der Waals surface area contributed by atoms with Crippen LogP contribution in [0.2, 0.25) is 10.3 Å². The van der Waals surface area contributed by atoms with Gasteiger partial charge >= 0.3 is 0 Å². The van der Waals surface area contributed by atoms with Crippen molar-refractivity contribution in [1.29, 1.82) is 0 Å². The zero-order chi connectivity index (χ0) is 13.1. The molecule has 18 heavy (non-hydrogen) atoms. The van der Waals surface area contributed by atoms with Crippen molar-refractivity contribution in [2.75, 3.05) is 5.32 Å². The van der Waals surface area contributed by atoms with Gasteiger partial charge in [0.15, 0.2) is 0 Å². The highest BCUT2D eigenvalue weighted by Gasteiger charge is 2.13. The Labute approximate surface area is 112 Å². The zero-order valence-electron chi connectivity index (χ0n) is 8.82. The molecule has 0 spiro atoms. The average Bonchev–Trinajstić information content (AvgIpc) is 2.31. The molecule has 0 unspecified atom stereocenters. The number of aromatic nitrogens is 2. The summed E-state index contributed by atoms with van der Waals surface area (Å²) in [6.45, 7) is 0. The minimum atomic E-state index is -0.369. The maximum Gasteiger partial charge on any atom is 0.232 e. The van der Waals surface area contributed by atoms with Crippen molar-refractivity contribution in [3.63, 3.8) is 0 Å². The quantitative estimate of drug-likeness (QED) is 0.696. The highest BCUT2D eigenvalue weighted by molar-refractivity contribution is 6.37. The molecular formula is C11H6Cl2FN3O. The topological polar surface area (TPSA) is 54.9 Å². The van der Waals surface area contributed by atoms with Crippen LogP contribution in [0, 0.1) is 5.82 Å². The van der Waals surface area contributed by atoms with Crippen LogP contribution in [-0.4, -0.2) is 16.4 Å². The Bertz CT molecular complexity index is 566. The molecule has 0 aliphatic rings. The fourth-order valence-electron chi connectivity index (χ4n) is 1.38. The lowest BCUT2D eigenvalue weighted by Gasteiger charge is -2.07. The number of amides is 1. The molecule has 0 bridgehead atoms. The summed E-state index contributed by atoms with van der Waals surface area (Å²) in [5.41, 5.74) is 0.971. The normalized spacial score (nSPS) is 10.2. The van der Waals surface area contributed by atoms with Crippen molar-refractivity contribution in [3.8, 4) is 11.1 Å². The van der Waals surface area contributed by atoms with Crippen molar-refractivity contribution in [2.24, 2.45) is 0 Å². The molecule has 0 fully saturated rings. The number of nitrogens with one attached hydrogen (secondary N) is 1. The summed E-state index contributed by atoms with van der Waals surface area (Å²) in [4.78, 5) is 18.0. The predicted octanol–water partition coefficient (Wildman–Crippen LogP) is 3.16. The van der Waals surface area contributed by atoms with E-state index in [4.69, 9.17) is 23.2 Å². The minimum Gasteiger partial charge on any atom is -0.297 e. The number of hydrogen-bond acceptors (Lipinski definition) is 3. The van der Waals surface area contributed by atoms with Gasteiger partial charge in [-0.2, -0.15) is 0 Å². The van der Waals surface area contributed by atoms with E-state index in [1.165, 1.54) is 24.3 Å². The third-order valence-corrected chi connectivity index (χ3v) is 2.69. The number of hydrogen-bond donors (Lipinski definition) is 1. The number of benzene rings is 1. The molecule has 1 aromatic heterocycles. The van der Waals surface area contributed by atoms with Gasteiger partial charge in [-0.25, -0.2) is 14.4 Å². The second kappa shape index (κ2) is 5.29. The number of rotatable bonds is 3. The van der Waals surface area contributed by atoms with Gasteiger partial charge in [0.2, 0.25) is 12.4 Å². The molecule has 0 saturated heterocycles. The van der Waals surface area contributed by atoms with Crippen molar-refractivity contribution in [3.05, 3.63) is 40.4 Å². The summed E-state index contributed by atoms with van der Waals surface area (Å²) in [6.07, 6.45) is 0.416. The highest BCUT2D eigenvalue weighted by atomic mass is 35.5. The summed E-state index contributed by atoms with van der Waals surface area (Å²) in [5, 5.41) is 2.40. The third-order valence-electron chi connectivity index (χ3n) is 2.14. The van der Waals surface area contributed by atoms with E-state index in [1.54, 1.807) is 0 Å². The SMILES string of the molecule is O=CNc1nc(Cl)c(-c2ccc(F)cc2)c(Cl)n1. The lowest BCUT2D eigenvalue weighted by molar-refractivity contribution is -0.105. The number of carbonyl (C=O) groups excluding carboxylic acids is 1. The molecule has 0 radical (unpaired) electrons. The van der Waals surface area contributed by atoms with E-state index in [2.05, 4.69) is 15.3 Å². The molecule has 2 rings (SSSR count). The van der Waals surface area contributed by atoms with E-state index < -0.39 is 0 Å². The Morgan fingerprint density at radius 1 is 1.11 bits per heavy atom. The summed E-state index contributed by atoms with van der Waals surface area (Å²) in [6, 6.07) is 5.58. The molecule has 4 nitrogen and oxygen atoms in total. The van der Waals surface area contributed by atoms with E-state index in [9.17, 15) is 9.18 Å². The number of halogens is 3. The van der Waals surface area contributed by atoms with Crippen molar-refractivity contribution in [2.45, 2.75) is 0 Å². The van der Waals surface area contributed by atoms with Gasteiger partial charge in [0.1, 0.15) is 16.1 Å². The second-order valence-corrected chi connectivity index (χ2v) is 3.99. The van der Waals surface area contributed by atoms with E-state index in [0.717, 1.165) is 0 Å². The molecule has 0 aliphatic carbocycles. The van der Waals surface area contributed by atoms with Crippen LogP contribution < -0.4 is 5.32 Å². The first kappa shape index (κ1) is 12.7. The van der Waals surface area contributed by atoms with Crippen LogP contribution in [0.3, 0.4) is 0 Å². The second-order valence-electron chi connectivity index (χ2n) is 3.27. The van der Waals surface area contributed by atoms with Crippen LogP contribution >= 0.6 is 23.2 Å². The van der Waals surface area contributed by atoms with E-state index in [1.807, 2.05) is 0 Å². The lowest BCUT2D eigenvalue weighted by atomic mass is 10.1. The monoisotopic (exact) mass is 285 g/mol. The molecule has 1 amide bonds. The van der Waals surface area contributed by atoms with Crippen LogP contribution in [-0.2, 0) is 4.79 Å². The number of nitrogens with zero attached hydrogens (tertiary/aromatic N) is 2. The first-order chi connectivity index (χ1) is 8.61. The first-order valence-corrected chi connectivity index (χ1v) is 5.56. The van der Waals surface area contributed by atoms with Crippen LogP contribution in [0.15, 0.2) is 24.3 Å². The average molecular weight is 286 g/mol. The molecular weight excluding hydrogens is 280 g/mol. The molecule has 0 atom stereocenters. The van der Waals surface area contributed by atoms with Crippen molar-refractivity contribution >= 4 is 35.6 Å². The standard InChI is InChI=1S/C11H6Cl2FN3O/c12-9-8(6-1-3-7(14)4-2-6)10(13)17-11(16-9)15-5-18/h1-5H,(H,15,16,17,18). The van der Waals surface area contributed by atoms with Crippen LogP contribution in [0.1, 0.15) is 0 Å². The lowest BCUT2D eigenvalue weighted by Crippen LogP contribution is -2.01. The van der Waals surface area contributed by atoms with Crippen LogP contribution in [0.25, 0.3) is 11.1 Å². The van der Waals surface area contributed by atoms with Crippen molar-refractivity contribution < 1.29 is 9.18 Å². The third kappa shape index (κ3) is 2.57. The van der Waals surface area contributed by atoms with E-state index >= 15 is 0 Å². The first-order valence-electron chi connectivity index (χ1n) is 4.81. The molecule has 92 valence electrons. The van der Waals surface area contributed by atoms with Gasteiger partial charge in [-0.05, 0) is 17.7 Å². The summed E-state index contributed by atoms with van der Waals surface area (Å²) in [7, 11) is 0. The Morgan fingerprint density at radius 3 is 2.17 bits per heavy atom. The van der Waals surface area contributed by atoms with Crippen LogP contribution in [0.4, 0.5) is 10.3 Å². The van der Waals surface area contributed by atoms with Gasteiger partial charge in [0.25, 0.3) is 0 Å². The summed E-state index contributed by atoms with van der Waals surface area (Å²) in [5.74, 6) is -0.364. The molecule has 2 aromatic rings. The molecule has 1 N–H and O–H groups in total. The van der Waals surface area contributed by atoms with Crippen molar-refractivity contribution in [1.82, 2.24) is 9.97 Å². The predicted molar refractivity (Wildman–Crippen MR) is 67.1 cm³/mol. The highest BCUT2D eigenvalue weighted by Crippen LogP contribution is 2.33. The Kier molecular flexibility index (Phi) is 3.74. The Balaban J connectivity index is 2.51. The van der Waals surface area contributed by atoms with Gasteiger partial charge in [-0.15, -0.1) is 0 Å². The number of carbonyl (C=O) groups is 1. The largest absolute Gasteiger partial charge is 0.297 e. The molecule has 0 aliphatic heterocycles. The van der Waals surface area contributed by atoms with Gasteiger partial charge in [-0.3, -0.25) is 10.1 Å². The smallest absolute Gasteiger partial charge is 0.232 e. The summed E-state index contributed by atoms with van der Waals surface area (Å²) < 4.78 is 12.8. The van der Waals surface area contributed by atoms with Crippen LogP contribution in [0.5, 0.6) is 0 Å². The van der Waals surface area contributed by atoms with Gasteiger partial charge in [0, 0.05) is 0 Å². The molecule has 1 aromatic carbocycles. The van der Waals surface area contributed by atoms with Gasteiger partial charge in [0.05, 0.1) is 5.56 Å². The minimum absolute atomic E-state index is 0.00543. The molecule has 1 heterocycles. The fourth-order valence-corrected chi connectivity index (χ4v) is 1.99. The Morgan fingerprint density at radius 2 is 1.67 bits per heavy atom. The number of anilines is 1. The maximum absolute atomic E-state index is 12.8. The summed E-state index contributed by atoms with van der Waals surface area (Å²) >= 11 is 11.9. The Hall–Kier alpha value is -1.72. The van der Waals surface area contributed by atoms with Gasteiger partial charge < -0.3 is 0 Å². The van der Waals surface area contributed by atoms with E-state index in [0.29, 0.717) is 17.5 Å². The molecule has 7 heteroatoms. The zero-order valence-corrected chi connectivity index (χ0v) is 10.3. The van der Waals surface area contributed by atoms with Gasteiger partial charge in [-0.1, -0.05) is 35.3 Å².